The van der Waals surface area contributed by atoms with E-state index in [-0.39, 0.29) is 22.1 Å². The number of hydrogen-bond donors (Lipinski definition) is 0. The van der Waals surface area contributed by atoms with Crippen LogP contribution in [0.5, 0.6) is 5.75 Å². The van der Waals surface area contributed by atoms with Crippen molar-refractivity contribution in [1.82, 2.24) is 18.4 Å². The van der Waals surface area contributed by atoms with Crippen molar-refractivity contribution in [2.75, 3.05) is 59.0 Å². The smallest absolute Gasteiger partial charge is 0.246 e. The average molecular weight is 503 g/mol. The van der Waals surface area contributed by atoms with E-state index in [1.165, 1.54) is 26.8 Å². The zero-order chi connectivity index (χ0) is 24.4. The van der Waals surface area contributed by atoms with Gasteiger partial charge in [-0.2, -0.15) is 8.61 Å². The summed E-state index contributed by atoms with van der Waals surface area (Å²) in [6, 6.07) is 4.90. The highest BCUT2D eigenvalue weighted by molar-refractivity contribution is 7.90. The molecule has 0 unspecified atom stereocenters. The van der Waals surface area contributed by atoms with Crippen LogP contribution in [0.4, 0.5) is 0 Å². The first-order chi connectivity index (χ1) is 15.5. The third-order valence-electron chi connectivity index (χ3n) is 6.48. The van der Waals surface area contributed by atoms with E-state index in [9.17, 15) is 16.8 Å². The fourth-order valence-electron chi connectivity index (χ4n) is 4.33. The highest BCUT2D eigenvalue weighted by Gasteiger charge is 2.35. The van der Waals surface area contributed by atoms with Crippen LogP contribution >= 0.6 is 0 Å². The molecule has 3 rings (SSSR count). The monoisotopic (exact) mass is 502 g/mol. The molecule has 0 amide bonds. The van der Waals surface area contributed by atoms with E-state index in [2.05, 4.69) is 37.5 Å². The molecule has 2 fully saturated rings. The third kappa shape index (κ3) is 5.71. The quantitative estimate of drug-likeness (QED) is 0.532. The molecule has 2 aliphatic rings. The zero-order valence-electron chi connectivity index (χ0n) is 20.4. The highest BCUT2D eigenvalue weighted by atomic mass is 32.2. The molecule has 0 atom stereocenters. The molecule has 188 valence electrons. The Morgan fingerprint density at radius 2 is 1.21 bits per heavy atom. The molecular formula is C22H38N4O5S2. The second kappa shape index (κ2) is 10.6. The van der Waals surface area contributed by atoms with E-state index >= 15 is 0 Å². The standard InChI is InChI=1S/C22H38N4O5S2/c1-6-31-21-8-7-20(32(27,28)25-13-9-23(10-14-25)18(2)3)17-22(21)33(29,30)26-15-11-24(12-16-26)19(4)5/h7-8,17-19H,6,9-16H2,1-5H3. The maximum Gasteiger partial charge on any atom is 0.246 e. The lowest BCUT2D eigenvalue weighted by Gasteiger charge is -2.37. The Morgan fingerprint density at radius 1 is 0.758 bits per heavy atom. The minimum atomic E-state index is -3.91. The van der Waals surface area contributed by atoms with Crippen molar-refractivity contribution in [2.24, 2.45) is 0 Å². The Labute approximate surface area is 199 Å². The number of rotatable bonds is 8. The molecule has 0 saturated carbocycles. The van der Waals surface area contributed by atoms with Crippen LogP contribution in [-0.2, 0) is 20.0 Å². The summed E-state index contributed by atoms with van der Waals surface area (Å²) in [6.45, 7) is 14.5. The molecule has 0 radical (unpaired) electrons. The van der Waals surface area contributed by atoms with Crippen LogP contribution in [-0.4, -0.2) is 106 Å². The van der Waals surface area contributed by atoms with Crippen LogP contribution in [0, 0.1) is 0 Å². The molecule has 11 heteroatoms. The molecule has 2 heterocycles. The van der Waals surface area contributed by atoms with Crippen LogP contribution in [0.15, 0.2) is 28.0 Å². The number of hydrogen-bond acceptors (Lipinski definition) is 7. The number of nitrogens with zero attached hydrogens (tertiary/aromatic N) is 4. The van der Waals surface area contributed by atoms with E-state index in [0.29, 0.717) is 64.4 Å². The number of benzene rings is 1. The van der Waals surface area contributed by atoms with Crippen LogP contribution in [0.2, 0.25) is 0 Å². The van der Waals surface area contributed by atoms with E-state index in [0.717, 1.165) is 0 Å². The second-order valence-electron chi connectivity index (χ2n) is 9.11. The summed E-state index contributed by atoms with van der Waals surface area (Å²) in [5.41, 5.74) is 0. The van der Waals surface area contributed by atoms with E-state index in [1.54, 1.807) is 6.92 Å². The molecule has 33 heavy (non-hydrogen) atoms. The van der Waals surface area contributed by atoms with Gasteiger partial charge >= 0.3 is 0 Å². The Balaban J connectivity index is 1.89. The lowest BCUT2D eigenvalue weighted by Crippen LogP contribution is -2.51. The topological polar surface area (TPSA) is 90.5 Å². The van der Waals surface area contributed by atoms with Gasteiger partial charge in [0.05, 0.1) is 11.5 Å². The normalized spacial score (nSPS) is 20.6. The van der Waals surface area contributed by atoms with Gasteiger partial charge in [0.15, 0.2) is 0 Å². The maximum atomic E-state index is 13.5. The van der Waals surface area contributed by atoms with Gasteiger partial charge in [-0.15, -0.1) is 0 Å². The second-order valence-corrected chi connectivity index (χ2v) is 13.0. The summed E-state index contributed by atoms with van der Waals surface area (Å²) in [6.07, 6.45) is 0. The molecule has 0 bridgehead atoms. The first-order valence-electron chi connectivity index (χ1n) is 11.7. The fourth-order valence-corrected chi connectivity index (χ4v) is 7.44. The van der Waals surface area contributed by atoms with Gasteiger partial charge in [-0.25, -0.2) is 16.8 Å². The predicted octanol–water partition coefficient (Wildman–Crippen LogP) is 1.51. The Bertz CT molecular complexity index is 1010. The van der Waals surface area contributed by atoms with Crippen molar-refractivity contribution in [3.8, 4) is 5.75 Å². The van der Waals surface area contributed by atoms with E-state index in [1.807, 2.05) is 0 Å². The third-order valence-corrected chi connectivity index (χ3v) is 10.3. The van der Waals surface area contributed by atoms with Gasteiger partial charge < -0.3 is 4.74 Å². The van der Waals surface area contributed by atoms with Crippen molar-refractivity contribution in [3.05, 3.63) is 18.2 Å². The number of piperazine rings is 2. The molecule has 2 saturated heterocycles. The minimum Gasteiger partial charge on any atom is -0.492 e. The zero-order valence-corrected chi connectivity index (χ0v) is 22.0. The van der Waals surface area contributed by atoms with Crippen molar-refractivity contribution in [2.45, 2.75) is 56.5 Å². The average Bonchev–Trinajstić information content (AvgIpc) is 2.79. The summed E-state index contributed by atoms with van der Waals surface area (Å²) >= 11 is 0. The number of ether oxygens (including phenoxy) is 1. The van der Waals surface area contributed by atoms with Gasteiger partial charge in [-0.3, -0.25) is 9.80 Å². The van der Waals surface area contributed by atoms with Crippen LogP contribution in [0.3, 0.4) is 0 Å². The van der Waals surface area contributed by atoms with Gasteiger partial charge in [0.25, 0.3) is 0 Å². The largest absolute Gasteiger partial charge is 0.492 e. The van der Waals surface area contributed by atoms with E-state index in [4.69, 9.17) is 4.74 Å². The van der Waals surface area contributed by atoms with Gasteiger partial charge in [-0.1, -0.05) is 0 Å². The first kappa shape index (κ1) is 26.4. The maximum absolute atomic E-state index is 13.5. The van der Waals surface area contributed by atoms with Crippen LogP contribution in [0.25, 0.3) is 0 Å². The first-order valence-corrected chi connectivity index (χ1v) is 14.6. The minimum absolute atomic E-state index is 0.0108. The van der Waals surface area contributed by atoms with Crippen molar-refractivity contribution >= 4 is 20.0 Å². The molecule has 0 spiro atoms. The van der Waals surface area contributed by atoms with E-state index < -0.39 is 20.0 Å². The summed E-state index contributed by atoms with van der Waals surface area (Å²) < 4.78 is 62.3. The molecule has 9 nitrogen and oxygen atoms in total. The number of sulfonamides is 2. The summed E-state index contributed by atoms with van der Waals surface area (Å²) in [4.78, 5) is 4.37. The summed E-state index contributed by atoms with van der Waals surface area (Å²) in [5, 5.41) is 0. The van der Waals surface area contributed by atoms with Gasteiger partial charge in [-0.05, 0) is 52.8 Å². The Kier molecular flexibility index (Phi) is 8.45. The van der Waals surface area contributed by atoms with Gasteiger partial charge in [0, 0.05) is 64.4 Å². The molecule has 2 aliphatic heterocycles. The SMILES string of the molecule is CCOc1ccc(S(=O)(=O)N2CCN(C(C)C)CC2)cc1S(=O)(=O)N1CCN(C(C)C)CC1. The lowest BCUT2D eigenvalue weighted by atomic mass is 10.3. The van der Waals surface area contributed by atoms with Crippen molar-refractivity contribution in [1.29, 1.82) is 0 Å². The molecule has 0 aromatic heterocycles. The summed E-state index contributed by atoms with van der Waals surface area (Å²) in [5.74, 6) is 0.187. The fraction of sp³-hybridized carbons (Fsp3) is 0.727. The van der Waals surface area contributed by atoms with Gasteiger partial charge in [0.2, 0.25) is 20.0 Å². The van der Waals surface area contributed by atoms with Crippen LogP contribution < -0.4 is 4.74 Å². The summed E-state index contributed by atoms with van der Waals surface area (Å²) in [7, 11) is -7.72. The van der Waals surface area contributed by atoms with Crippen molar-refractivity contribution < 1.29 is 21.6 Å². The molecule has 1 aromatic carbocycles. The molecular weight excluding hydrogens is 464 g/mol. The van der Waals surface area contributed by atoms with Crippen LogP contribution in [0.1, 0.15) is 34.6 Å². The van der Waals surface area contributed by atoms with Crippen molar-refractivity contribution in [3.63, 3.8) is 0 Å². The highest BCUT2D eigenvalue weighted by Crippen LogP contribution is 2.32. The lowest BCUT2D eigenvalue weighted by molar-refractivity contribution is 0.153. The molecule has 1 aromatic rings. The Hall–Kier alpha value is -1.24. The molecule has 0 N–H and O–H groups in total. The Morgan fingerprint density at radius 3 is 1.64 bits per heavy atom. The molecule has 0 aliphatic carbocycles. The predicted molar refractivity (Wildman–Crippen MR) is 129 cm³/mol. The van der Waals surface area contributed by atoms with Gasteiger partial charge in [0.1, 0.15) is 10.6 Å².